The van der Waals surface area contributed by atoms with Crippen LogP contribution in [0.5, 0.6) is 0 Å². The van der Waals surface area contributed by atoms with Gasteiger partial charge < -0.3 is 4.42 Å². The first-order chi connectivity index (χ1) is 9.20. The van der Waals surface area contributed by atoms with Crippen molar-refractivity contribution in [3.63, 3.8) is 0 Å². The molecule has 0 radical (unpaired) electrons. The van der Waals surface area contributed by atoms with Crippen LogP contribution in [0.25, 0.3) is 11.0 Å². The summed E-state index contributed by atoms with van der Waals surface area (Å²) in [6, 6.07) is 7.78. The molecule has 1 aromatic heterocycles. The van der Waals surface area contributed by atoms with Crippen LogP contribution in [-0.4, -0.2) is 0 Å². The van der Waals surface area contributed by atoms with Crippen LogP contribution in [0.4, 0.5) is 0 Å². The van der Waals surface area contributed by atoms with Crippen LogP contribution in [0.1, 0.15) is 50.2 Å². The summed E-state index contributed by atoms with van der Waals surface area (Å²) in [5.41, 5.74) is 2.71. The predicted octanol–water partition coefficient (Wildman–Crippen LogP) is 4.61. The van der Waals surface area contributed by atoms with Crippen molar-refractivity contribution in [1.82, 2.24) is 0 Å². The Hall–Kier alpha value is -1.57. The predicted molar refractivity (Wildman–Crippen MR) is 79.7 cm³/mol. The second-order valence-corrected chi connectivity index (χ2v) is 5.24. The van der Waals surface area contributed by atoms with Crippen LogP contribution < -0.4 is 5.63 Å². The molecule has 0 unspecified atom stereocenters. The van der Waals surface area contributed by atoms with E-state index in [0.29, 0.717) is 0 Å². The fraction of sp³-hybridized carbons (Fsp3) is 0.471. The van der Waals surface area contributed by atoms with Crippen LogP contribution >= 0.6 is 0 Å². The zero-order chi connectivity index (χ0) is 13.7. The third-order valence-electron chi connectivity index (χ3n) is 3.58. The molecule has 1 aromatic carbocycles. The molecule has 0 bridgehead atoms. The van der Waals surface area contributed by atoms with Gasteiger partial charge in [0.05, 0.1) is 0 Å². The summed E-state index contributed by atoms with van der Waals surface area (Å²) in [4.78, 5) is 11.4. The molecular formula is C17H22O2. The molecule has 0 saturated carbocycles. The van der Waals surface area contributed by atoms with Crippen molar-refractivity contribution < 1.29 is 4.42 Å². The smallest absolute Gasteiger partial charge is 0.336 e. The van der Waals surface area contributed by atoms with Gasteiger partial charge in [-0.15, -0.1) is 0 Å². The van der Waals surface area contributed by atoms with E-state index in [0.717, 1.165) is 23.0 Å². The maximum Gasteiger partial charge on any atom is 0.336 e. The second-order valence-electron chi connectivity index (χ2n) is 5.24. The average Bonchev–Trinajstić information content (AvgIpc) is 2.38. The first-order valence-electron chi connectivity index (χ1n) is 7.24. The van der Waals surface area contributed by atoms with Crippen molar-refractivity contribution in [3.05, 3.63) is 45.8 Å². The molecule has 19 heavy (non-hydrogen) atoms. The fourth-order valence-corrected chi connectivity index (χ4v) is 2.46. The SMILES string of the molecule is CCCCCCCc1ccc2c(C)cc(=O)oc2c1. The molecule has 0 aliphatic carbocycles. The van der Waals surface area contributed by atoms with Gasteiger partial charge in [-0.25, -0.2) is 4.79 Å². The van der Waals surface area contributed by atoms with Crippen molar-refractivity contribution in [2.45, 2.75) is 52.4 Å². The molecule has 1 heterocycles. The van der Waals surface area contributed by atoms with Crippen molar-refractivity contribution in [2.75, 3.05) is 0 Å². The maximum absolute atomic E-state index is 11.4. The lowest BCUT2D eigenvalue weighted by Crippen LogP contribution is -1.98. The van der Waals surface area contributed by atoms with Gasteiger partial charge in [-0.05, 0) is 37.0 Å². The molecule has 2 rings (SSSR count). The molecular weight excluding hydrogens is 236 g/mol. The van der Waals surface area contributed by atoms with E-state index < -0.39 is 0 Å². The van der Waals surface area contributed by atoms with Gasteiger partial charge in [0.1, 0.15) is 5.58 Å². The van der Waals surface area contributed by atoms with Gasteiger partial charge in [-0.1, -0.05) is 44.7 Å². The number of unbranched alkanes of at least 4 members (excludes halogenated alkanes) is 4. The van der Waals surface area contributed by atoms with Gasteiger partial charge in [0, 0.05) is 11.5 Å². The molecule has 0 aliphatic rings. The average molecular weight is 258 g/mol. The first-order valence-corrected chi connectivity index (χ1v) is 7.24. The number of hydrogen-bond acceptors (Lipinski definition) is 2. The van der Waals surface area contributed by atoms with E-state index in [-0.39, 0.29) is 5.63 Å². The number of rotatable bonds is 6. The molecule has 2 heteroatoms. The van der Waals surface area contributed by atoms with Gasteiger partial charge >= 0.3 is 5.63 Å². The van der Waals surface area contributed by atoms with Crippen LogP contribution in [0.15, 0.2) is 33.5 Å². The van der Waals surface area contributed by atoms with Crippen LogP contribution in [-0.2, 0) is 6.42 Å². The minimum atomic E-state index is -0.259. The van der Waals surface area contributed by atoms with Crippen LogP contribution in [0.3, 0.4) is 0 Å². The molecule has 102 valence electrons. The Morgan fingerprint density at radius 3 is 2.63 bits per heavy atom. The van der Waals surface area contributed by atoms with Crippen molar-refractivity contribution in [3.8, 4) is 0 Å². The lowest BCUT2D eigenvalue weighted by Gasteiger charge is -2.04. The van der Waals surface area contributed by atoms with Gasteiger partial charge in [0.2, 0.25) is 0 Å². The molecule has 2 nitrogen and oxygen atoms in total. The zero-order valence-electron chi connectivity index (χ0n) is 11.9. The minimum Gasteiger partial charge on any atom is -0.423 e. The summed E-state index contributed by atoms with van der Waals surface area (Å²) in [6.45, 7) is 4.18. The minimum absolute atomic E-state index is 0.259. The van der Waals surface area contributed by atoms with Gasteiger partial charge in [-0.3, -0.25) is 0 Å². The van der Waals surface area contributed by atoms with Crippen LogP contribution in [0, 0.1) is 6.92 Å². The third kappa shape index (κ3) is 3.69. The maximum atomic E-state index is 11.4. The van der Waals surface area contributed by atoms with E-state index in [4.69, 9.17) is 4.42 Å². The topological polar surface area (TPSA) is 30.2 Å². The molecule has 0 amide bonds. The fourth-order valence-electron chi connectivity index (χ4n) is 2.46. The second kappa shape index (κ2) is 6.55. The third-order valence-corrected chi connectivity index (χ3v) is 3.58. The molecule has 0 fully saturated rings. The monoisotopic (exact) mass is 258 g/mol. The van der Waals surface area contributed by atoms with Gasteiger partial charge in [0.15, 0.2) is 0 Å². The zero-order valence-corrected chi connectivity index (χ0v) is 11.9. The highest BCUT2D eigenvalue weighted by atomic mass is 16.4. The summed E-state index contributed by atoms with van der Waals surface area (Å²) < 4.78 is 5.27. The summed E-state index contributed by atoms with van der Waals surface area (Å²) in [5, 5.41) is 1.04. The first kappa shape index (κ1) is 13.9. The van der Waals surface area contributed by atoms with E-state index in [1.165, 1.54) is 37.7 Å². The largest absolute Gasteiger partial charge is 0.423 e. The van der Waals surface area contributed by atoms with Gasteiger partial charge in [-0.2, -0.15) is 0 Å². The van der Waals surface area contributed by atoms with E-state index in [1.807, 2.05) is 13.0 Å². The molecule has 0 N–H and O–H groups in total. The Morgan fingerprint density at radius 1 is 1.05 bits per heavy atom. The van der Waals surface area contributed by atoms with Gasteiger partial charge in [0.25, 0.3) is 0 Å². The lowest BCUT2D eigenvalue weighted by atomic mass is 10.0. The molecule has 0 atom stereocenters. The Balaban J connectivity index is 2.07. The van der Waals surface area contributed by atoms with E-state index in [1.54, 1.807) is 6.07 Å². The Morgan fingerprint density at radius 2 is 1.84 bits per heavy atom. The number of hydrogen-bond donors (Lipinski definition) is 0. The van der Waals surface area contributed by atoms with E-state index in [2.05, 4.69) is 19.1 Å². The van der Waals surface area contributed by atoms with E-state index in [9.17, 15) is 4.79 Å². The Labute approximate surface area is 114 Å². The quantitative estimate of drug-likeness (QED) is 0.559. The summed E-state index contributed by atoms with van der Waals surface area (Å²) >= 11 is 0. The number of benzene rings is 1. The van der Waals surface area contributed by atoms with Crippen LogP contribution in [0.2, 0.25) is 0 Å². The van der Waals surface area contributed by atoms with Crippen molar-refractivity contribution in [2.24, 2.45) is 0 Å². The highest BCUT2D eigenvalue weighted by Crippen LogP contribution is 2.19. The van der Waals surface area contributed by atoms with E-state index >= 15 is 0 Å². The van der Waals surface area contributed by atoms with Crippen molar-refractivity contribution in [1.29, 1.82) is 0 Å². The van der Waals surface area contributed by atoms with Crippen molar-refractivity contribution >= 4 is 11.0 Å². The molecule has 0 aliphatic heterocycles. The lowest BCUT2D eigenvalue weighted by molar-refractivity contribution is 0.559. The standard InChI is InChI=1S/C17H22O2/c1-3-4-5-6-7-8-14-9-10-15-13(2)11-17(18)19-16(15)12-14/h9-12H,3-8H2,1-2H3. The highest BCUT2D eigenvalue weighted by Gasteiger charge is 2.03. The summed E-state index contributed by atoms with van der Waals surface area (Å²) in [5.74, 6) is 0. The normalized spacial score (nSPS) is 11.1. The molecule has 0 saturated heterocycles. The Bertz CT molecular complexity index is 596. The molecule has 0 spiro atoms. The number of fused-ring (bicyclic) bond motifs is 1. The number of aryl methyl sites for hydroxylation is 2. The Kier molecular flexibility index (Phi) is 4.78. The molecule has 2 aromatic rings. The highest BCUT2D eigenvalue weighted by molar-refractivity contribution is 5.80. The summed E-state index contributed by atoms with van der Waals surface area (Å²) in [7, 11) is 0. The summed E-state index contributed by atoms with van der Waals surface area (Å²) in [6.07, 6.45) is 7.48.